The summed E-state index contributed by atoms with van der Waals surface area (Å²) in [4.78, 5) is 15.2. The normalized spacial score (nSPS) is 34.4. The Kier molecular flexibility index (Phi) is 4.65. The topological polar surface area (TPSA) is 41.6 Å². The third kappa shape index (κ3) is 3.65. The number of amides is 1. The summed E-state index contributed by atoms with van der Waals surface area (Å²) in [7, 11) is 0. The number of fused-ring (bicyclic) bond motifs is 2. The lowest BCUT2D eigenvalue weighted by molar-refractivity contribution is -0.120. The van der Waals surface area contributed by atoms with Crippen molar-refractivity contribution in [3.05, 3.63) is 42.0 Å². The summed E-state index contributed by atoms with van der Waals surface area (Å²) >= 11 is 0. The van der Waals surface area contributed by atoms with Crippen LogP contribution in [-0.4, -0.2) is 36.1 Å². The minimum atomic E-state index is 0.145. The zero-order valence-electron chi connectivity index (χ0n) is 15.2. The minimum absolute atomic E-state index is 0.145. The van der Waals surface area contributed by atoms with E-state index < -0.39 is 0 Å². The molecule has 1 saturated carbocycles. The molecule has 0 radical (unpaired) electrons. The highest BCUT2D eigenvalue weighted by Crippen LogP contribution is 2.43. The fraction of sp³-hybridized carbons (Fsp3) is 0.571. The summed E-state index contributed by atoms with van der Waals surface area (Å²) in [6.07, 6.45) is 7.19. The maximum atomic E-state index is 12.8. The second kappa shape index (κ2) is 6.93. The summed E-state index contributed by atoms with van der Waals surface area (Å²) in [5.41, 5.74) is 2.15. The molecule has 1 aliphatic heterocycles. The lowest BCUT2D eigenvalue weighted by Gasteiger charge is -2.35. The predicted molar refractivity (Wildman–Crippen MR) is 99.2 cm³/mol. The first-order valence-electron chi connectivity index (χ1n) is 9.53. The van der Waals surface area contributed by atoms with Gasteiger partial charge in [0.25, 0.3) is 0 Å². The zero-order chi connectivity index (χ0) is 17.4. The van der Waals surface area contributed by atoms with Crippen molar-refractivity contribution in [1.82, 2.24) is 4.90 Å². The van der Waals surface area contributed by atoms with Crippen molar-refractivity contribution in [1.29, 1.82) is 0 Å². The molecule has 2 fully saturated rings. The molecule has 1 aromatic carbocycles. The van der Waals surface area contributed by atoms with Gasteiger partial charge in [-0.05, 0) is 50.2 Å². The first-order chi connectivity index (χ1) is 12.1. The van der Waals surface area contributed by atoms with E-state index in [9.17, 15) is 4.79 Å². The van der Waals surface area contributed by atoms with Crippen molar-refractivity contribution in [2.75, 3.05) is 18.4 Å². The average molecular weight is 340 g/mol. The Morgan fingerprint density at radius 2 is 1.92 bits per heavy atom. The smallest absolute Gasteiger partial charge is 0.228 e. The van der Waals surface area contributed by atoms with Crippen LogP contribution in [0.2, 0.25) is 0 Å². The van der Waals surface area contributed by atoms with Gasteiger partial charge in [0, 0.05) is 31.2 Å². The first-order valence-corrected chi connectivity index (χ1v) is 9.53. The molecule has 25 heavy (non-hydrogen) atoms. The Balaban J connectivity index is 1.44. The van der Waals surface area contributed by atoms with Crippen LogP contribution in [0.25, 0.3) is 0 Å². The third-order valence-electron chi connectivity index (χ3n) is 5.78. The van der Waals surface area contributed by atoms with Crippen molar-refractivity contribution in [3.8, 4) is 0 Å². The van der Waals surface area contributed by atoms with Crippen LogP contribution in [-0.2, 0) is 16.1 Å². The van der Waals surface area contributed by atoms with Crippen LogP contribution in [0.3, 0.4) is 0 Å². The summed E-state index contributed by atoms with van der Waals surface area (Å²) in [5, 5.41) is 3.22. The molecule has 1 heterocycles. The number of rotatable bonds is 4. The van der Waals surface area contributed by atoms with Gasteiger partial charge in [0.1, 0.15) is 0 Å². The number of benzene rings is 1. The first kappa shape index (κ1) is 16.8. The molecule has 5 atom stereocenters. The molecule has 0 spiro atoms. The van der Waals surface area contributed by atoms with Gasteiger partial charge in [-0.15, -0.1) is 0 Å². The lowest BCUT2D eigenvalue weighted by Crippen LogP contribution is -2.44. The van der Waals surface area contributed by atoms with Crippen LogP contribution in [0.5, 0.6) is 0 Å². The number of allylic oxidation sites excluding steroid dienone is 2. The standard InChI is InChI=1S/C21H28N2O2/c1-14-11-23(12-15(2)25-14)13-18-5-3-4-6-20(18)22-21(24)19-10-16-7-8-17(19)9-16/h3-8,14-17,19H,9-13H2,1-2H3,(H,22,24). The maximum Gasteiger partial charge on any atom is 0.228 e. The van der Waals surface area contributed by atoms with E-state index in [2.05, 4.69) is 48.3 Å². The highest BCUT2D eigenvalue weighted by molar-refractivity contribution is 5.94. The Morgan fingerprint density at radius 1 is 1.16 bits per heavy atom. The van der Waals surface area contributed by atoms with E-state index in [-0.39, 0.29) is 24.0 Å². The zero-order valence-corrected chi connectivity index (χ0v) is 15.2. The van der Waals surface area contributed by atoms with Crippen LogP contribution < -0.4 is 5.32 Å². The SMILES string of the molecule is CC1CN(Cc2ccccc2NC(=O)C2CC3C=CC2C3)CC(C)O1. The van der Waals surface area contributed by atoms with Crippen LogP contribution in [0.4, 0.5) is 5.69 Å². The van der Waals surface area contributed by atoms with E-state index in [4.69, 9.17) is 4.74 Å². The molecular formula is C21H28N2O2. The second-order valence-electron chi connectivity index (χ2n) is 7.98. The Morgan fingerprint density at radius 3 is 2.60 bits per heavy atom. The molecular weight excluding hydrogens is 312 g/mol. The molecule has 4 heteroatoms. The molecule has 2 aliphatic carbocycles. The van der Waals surface area contributed by atoms with E-state index in [0.29, 0.717) is 11.8 Å². The van der Waals surface area contributed by atoms with Crippen molar-refractivity contribution < 1.29 is 9.53 Å². The van der Waals surface area contributed by atoms with Crippen molar-refractivity contribution in [2.24, 2.45) is 17.8 Å². The second-order valence-corrected chi connectivity index (χ2v) is 7.98. The molecule has 134 valence electrons. The maximum absolute atomic E-state index is 12.8. The number of para-hydroxylation sites is 1. The fourth-order valence-electron chi connectivity index (χ4n) is 4.74. The highest BCUT2D eigenvalue weighted by Gasteiger charge is 2.39. The molecule has 1 N–H and O–H groups in total. The van der Waals surface area contributed by atoms with Gasteiger partial charge >= 0.3 is 0 Å². The average Bonchev–Trinajstić information content (AvgIpc) is 3.19. The van der Waals surface area contributed by atoms with Gasteiger partial charge in [-0.25, -0.2) is 0 Å². The van der Waals surface area contributed by atoms with Crippen molar-refractivity contribution >= 4 is 11.6 Å². The molecule has 1 aromatic rings. The molecule has 1 saturated heterocycles. The number of carbonyl (C=O) groups excluding carboxylic acids is 1. The van der Waals surface area contributed by atoms with Crippen molar-refractivity contribution in [2.45, 2.75) is 45.4 Å². The van der Waals surface area contributed by atoms with Gasteiger partial charge in [0.15, 0.2) is 0 Å². The number of morpholine rings is 1. The lowest BCUT2D eigenvalue weighted by atomic mass is 9.92. The van der Waals surface area contributed by atoms with Gasteiger partial charge in [-0.2, -0.15) is 0 Å². The molecule has 0 aromatic heterocycles. The number of anilines is 1. The van der Waals surface area contributed by atoms with Crippen LogP contribution in [0, 0.1) is 17.8 Å². The summed E-state index contributed by atoms with van der Waals surface area (Å²) in [6.45, 7) is 6.97. The molecule has 1 amide bonds. The Bertz CT molecular complexity index is 662. The number of nitrogens with one attached hydrogen (secondary N) is 1. The molecule has 2 bridgehead atoms. The number of nitrogens with zero attached hydrogens (tertiary/aromatic N) is 1. The molecule has 4 nitrogen and oxygen atoms in total. The monoisotopic (exact) mass is 340 g/mol. The van der Waals surface area contributed by atoms with E-state index in [0.717, 1.165) is 38.2 Å². The fourth-order valence-corrected chi connectivity index (χ4v) is 4.74. The number of carbonyl (C=O) groups is 1. The van der Waals surface area contributed by atoms with Gasteiger partial charge in [-0.3, -0.25) is 9.69 Å². The van der Waals surface area contributed by atoms with Crippen molar-refractivity contribution in [3.63, 3.8) is 0 Å². The van der Waals surface area contributed by atoms with E-state index in [1.54, 1.807) is 0 Å². The van der Waals surface area contributed by atoms with Crippen LogP contribution in [0.1, 0.15) is 32.3 Å². The number of ether oxygens (including phenoxy) is 1. The van der Waals surface area contributed by atoms with E-state index in [1.807, 2.05) is 12.1 Å². The summed E-state index contributed by atoms with van der Waals surface area (Å²) < 4.78 is 5.83. The predicted octanol–water partition coefficient (Wildman–Crippen LogP) is 3.45. The minimum Gasteiger partial charge on any atom is -0.373 e. The molecule has 3 aliphatic rings. The van der Waals surface area contributed by atoms with E-state index in [1.165, 1.54) is 5.56 Å². The van der Waals surface area contributed by atoms with Gasteiger partial charge in [-0.1, -0.05) is 30.4 Å². The Labute approximate surface area is 150 Å². The summed E-state index contributed by atoms with van der Waals surface area (Å²) in [5.74, 6) is 1.39. The summed E-state index contributed by atoms with van der Waals surface area (Å²) in [6, 6.07) is 8.22. The van der Waals surface area contributed by atoms with Gasteiger partial charge in [0.2, 0.25) is 5.91 Å². The number of hydrogen-bond donors (Lipinski definition) is 1. The third-order valence-corrected chi connectivity index (χ3v) is 5.78. The van der Waals surface area contributed by atoms with Gasteiger partial charge in [0.05, 0.1) is 12.2 Å². The van der Waals surface area contributed by atoms with Crippen LogP contribution >= 0.6 is 0 Å². The quantitative estimate of drug-likeness (QED) is 0.854. The molecule has 4 rings (SSSR count). The van der Waals surface area contributed by atoms with E-state index >= 15 is 0 Å². The van der Waals surface area contributed by atoms with Gasteiger partial charge < -0.3 is 10.1 Å². The number of hydrogen-bond acceptors (Lipinski definition) is 3. The highest BCUT2D eigenvalue weighted by atomic mass is 16.5. The Hall–Kier alpha value is -1.65. The molecule has 5 unspecified atom stereocenters. The van der Waals surface area contributed by atoms with Crippen LogP contribution in [0.15, 0.2) is 36.4 Å². The largest absolute Gasteiger partial charge is 0.373 e.